The van der Waals surface area contributed by atoms with Crippen LogP contribution in [0.15, 0.2) is 35.1 Å². The van der Waals surface area contributed by atoms with Crippen molar-refractivity contribution in [3.8, 4) is 0 Å². The van der Waals surface area contributed by atoms with E-state index in [1.165, 1.54) is 6.07 Å². The lowest BCUT2D eigenvalue weighted by molar-refractivity contribution is -0.116. The molecule has 1 aliphatic carbocycles. The number of anilines is 1. The number of rotatable bonds is 4. The fourth-order valence-electron chi connectivity index (χ4n) is 3.13. The number of aromatic amines is 1. The second-order valence-corrected chi connectivity index (χ2v) is 6.54. The van der Waals surface area contributed by atoms with Gasteiger partial charge in [-0.15, -0.1) is 0 Å². The van der Waals surface area contributed by atoms with E-state index in [4.69, 9.17) is 0 Å². The molecule has 1 unspecified atom stereocenters. The molecule has 3 N–H and O–H groups in total. The number of amides is 2. The molecule has 1 atom stereocenters. The number of carbonyl (C=O) groups excluding carboxylic acids is 2. The SMILES string of the molecule is O=C1CC(CNC(=O)c2cc(=O)[nH]c(C3CC3)n2)c2ccccc2N1. The van der Waals surface area contributed by atoms with E-state index in [0.29, 0.717) is 18.8 Å². The zero-order valence-corrected chi connectivity index (χ0v) is 13.5. The molecule has 0 saturated heterocycles. The van der Waals surface area contributed by atoms with Crippen LogP contribution >= 0.6 is 0 Å². The van der Waals surface area contributed by atoms with Crippen molar-refractivity contribution in [3.63, 3.8) is 0 Å². The lowest BCUT2D eigenvalue weighted by Crippen LogP contribution is -2.34. The number of aromatic nitrogens is 2. The van der Waals surface area contributed by atoms with E-state index in [1.54, 1.807) is 0 Å². The van der Waals surface area contributed by atoms with Crippen molar-refractivity contribution in [2.45, 2.75) is 31.1 Å². The summed E-state index contributed by atoms with van der Waals surface area (Å²) < 4.78 is 0. The van der Waals surface area contributed by atoms with Crippen LogP contribution in [0.2, 0.25) is 0 Å². The number of nitrogens with zero attached hydrogens (tertiary/aromatic N) is 1. The highest BCUT2D eigenvalue weighted by molar-refractivity contribution is 5.95. The maximum absolute atomic E-state index is 12.4. The van der Waals surface area contributed by atoms with Crippen molar-refractivity contribution in [1.82, 2.24) is 15.3 Å². The zero-order chi connectivity index (χ0) is 17.4. The first-order chi connectivity index (χ1) is 12.1. The zero-order valence-electron chi connectivity index (χ0n) is 13.5. The molecule has 0 bridgehead atoms. The summed E-state index contributed by atoms with van der Waals surface area (Å²) in [4.78, 5) is 42.9. The predicted octanol–water partition coefficient (Wildman–Crippen LogP) is 1.50. The molecule has 2 aromatic rings. The fourth-order valence-corrected chi connectivity index (χ4v) is 3.13. The number of H-pyrrole nitrogens is 1. The van der Waals surface area contributed by atoms with Crippen molar-refractivity contribution in [2.24, 2.45) is 0 Å². The Bertz CT molecular complexity index is 901. The van der Waals surface area contributed by atoms with Gasteiger partial charge in [0.15, 0.2) is 0 Å². The van der Waals surface area contributed by atoms with Gasteiger partial charge in [-0.05, 0) is 24.5 Å². The largest absolute Gasteiger partial charge is 0.350 e. The number of benzene rings is 1. The Morgan fingerprint density at radius 1 is 1.24 bits per heavy atom. The molecule has 2 aliphatic rings. The summed E-state index contributed by atoms with van der Waals surface area (Å²) in [5.41, 5.74) is 1.59. The van der Waals surface area contributed by atoms with E-state index in [9.17, 15) is 14.4 Å². The predicted molar refractivity (Wildman–Crippen MR) is 91.6 cm³/mol. The number of hydrogen-bond acceptors (Lipinski definition) is 4. The standard InChI is InChI=1S/C18H18N4O3/c23-15-7-11(12-3-1-2-4-13(12)20-15)9-19-18(25)14-8-16(24)22-17(21-14)10-5-6-10/h1-4,8,10-11H,5-7,9H2,(H,19,25)(H,20,23)(H,21,22,24). The molecule has 25 heavy (non-hydrogen) atoms. The monoisotopic (exact) mass is 338 g/mol. The summed E-state index contributed by atoms with van der Waals surface area (Å²) in [6.07, 6.45) is 2.29. The van der Waals surface area contributed by atoms with Gasteiger partial charge in [-0.2, -0.15) is 0 Å². The molecule has 7 nitrogen and oxygen atoms in total. The van der Waals surface area contributed by atoms with E-state index in [1.807, 2.05) is 24.3 Å². The molecule has 128 valence electrons. The number of hydrogen-bond donors (Lipinski definition) is 3. The summed E-state index contributed by atoms with van der Waals surface area (Å²) in [5.74, 6) is 0.285. The fraction of sp³-hybridized carbons (Fsp3) is 0.333. The molecule has 7 heteroatoms. The second kappa shape index (κ2) is 6.16. The normalized spacial score (nSPS) is 19.0. The Morgan fingerprint density at radius 3 is 2.84 bits per heavy atom. The lowest BCUT2D eigenvalue weighted by Gasteiger charge is -2.25. The van der Waals surface area contributed by atoms with Crippen LogP contribution in [-0.2, 0) is 4.79 Å². The first-order valence-corrected chi connectivity index (χ1v) is 8.38. The Kier molecular flexibility index (Phi) is 3.83. The molecular weight excluding hydrogens is 320 g/mol. The third-order valence-electron chi connectivity index (χ3n) is 4.57. The van der Waals surface area contributed by atoms with Crippen LogP contribution in [0.4, 0.5) is 5.69 Å². The highest BCUT2D eigenvalue weighted by Crippen LogP contribution is 2.37. The minimum atomic E-state index is -0.392. The molecule has 2 amide bonds. The van der Waals surface area contributed by atoms with E-state index in [0.717, 1.165) is 24.1 Å². The molecular formula is C18H18N4O3. The van der Waals surface area contributed by atoms with Crippen molar-refractivity contribution >= 4 is 17.5 Å². The molecule has 2 heterocycles. The van der Waals surface area contributed by atoms with Gasteiger partial charge < -0.3 is 15.6 Å². The molecule has 1 fully saturated rings. The maximum Gasteiger partial charge on any atom is 0.270 e. The van der Waals surface area contributed by atoms with Crippen LogP contribution in [0, 0.1) is 0 Å². The number of fused-ring (bicyclic) bond motifs is 1. The Balaban J connectivity index is 1.49. The van der Waals surface area contributed by atoms with E-state index < -0.39 is 5.91 Å². The van der Waals surface area contributed by atoms with Gasteiger partial charge in [-0.3, -0.25) is 14.4 Å². The molecule has 1 aromatic heterocycles. The summed E-state index contributed by atoms with van der Waals surface area (Å²) in [7, 11) is 0. The molecule has 1 aliphatic heterocycles. The van der Waals surface area contributed by atoms with E-state index in [-0.39, 0.29) is 29.0 Å². The van der Waals surface area contributed by atoms with Crippen LogP contribution in [0.1, 0.15) is 53.0 Å². The summed E-state index contributed by atoms with van der Waals surface area (Å²) in [5, 5.41) is 5.64. The maximum atomic E-state index is 12.4. The van der Waals surface area contributed by atoms with Gasteiger partial charge in [0.25, 0.3) is 11.5 Å². The van der Waals surface area contributed by atoms with Crippen LogP contribution in [-0.4, -0.2) is 28.3 Å². The third-order valence-corrected chi connectivity index (χ3v) is 4.57. The Morgan fingerprint density at radius 2 is 2.04 bits per heavy atom. The van der Waals surface area contributed by atoms with Crippen molar-refractivity contribution < 1.29 is 9.59 Å². The summed E-state index contributed by atoms with van der Waals surface area (Å²) >= 11 is 0. The molecule has 1 aromatic carbocycles. The van der Waals surface area contributed by atoms with Gasteiger partial charge in [0.05, 0.1) is 0 Å². The van der Waals surface area contributed by atoms with Crippen molar-refractivity contribution in [3.05, 3.63) is 57.8 Å². The second-order valence-electron chi connectivity index (χ2n) is 6.54. The number of para-hydroxylation sites is 1. The van der Waals surface area contributed by atoms with Gasteiger partial charge in [0.1, 0.15) is 11.5 Å². The quantitative estimate of drug-likeness (QED) is 0.786. The minimum absolute atomic E-state index is 0.0664. The minimum Gasteiger partial charge on any atom is -0.350 e. The van der Waals surface area contributed by atoms with Crippen LogP contribution in [0.5, 0.6) is 0 Å². The van der Waals surface area contributed by atoms with Crippen LogP contribution < -0.4 is 16.2 Å². The molecule has 4 rings (SSSR count). The first-order valence-electron chi connectivity index (χ1n) is 8.38. The Hall–Kier alpha value is -2.96. The molecule has 1 saturated carbocycles. The van der Waals surface area contributed by atoms with Gasteiger partial charge in [-0.1, -0.05) is 18.2 Å². The smallest absolute Gasteiger partial charge is 0.270 e. The van der Waals surface area contributed by atoms with Gasteiger partial charge in [-0.25, -0.2) is 4.98 Å². The van der Waals surface area contributed by atoms with Gasteiger partial charge in [0, 0.05) is 36.6 Å². The summed E-state index contributed by atoms with van der Waals surface area (Å²) in [6, 6.07) is 8.78. The molecule has 0 spiro atoms. The molecule has 0 radical (unpaired) electrons. The van der Waals surface area contributed by atoms with Gasteiger partial charge >= 0.3 is 0 Å². The highest BCUT2D eigenvalue weighted by Gasteiger charge is 2.28. The average molecular weight is 338 g/mol. The first kappa shape index (κ1) is 15.6. The van der Waals surface area contributed by atoms with E-state index >= 15 is 0 Å². The third kappa shape index (κ3) is 3.31. The van der Waals surface area contributed by atoms with Crippen LogP contribution in [0.3, 0.4) is 0 Å². The van der Waals surface area contributed by atoms with Crippen molar-refractivity contribution in [1.29, 1.82) is 0 Å². The average Bonchev–Trinajstić information content (AvgIpc) is 3.43. The van der Waals surface area contributed by atoms with Crippen molar-refractivity contribution in [2.75, 3.05) is 11.9 Å². The lowest BCUT2D eigenvalue weighted by atomic mass is 9.90. The van der Waals surface area contributed by atoms with E-state index in [2.05, 4.69) is 20.6 Å². The van der Waals surface area contributed by atoms with Gasteiger partial charge in [0.2, 0.25) is 5.91 Å². The topological polar surface area (TPSA) is 104 Å². The number of carbonyl (C=O) groups is 2. The Labute approximate surface area is 143 Å². The highest BCUT2D eigenvalue weighted by atomic mass is 16.2. The number of nitrogens with one attached hydrogen (secondary N) is 3. The summed E-state index contributed by atoms with van der Waals surface area (Å²) in [6.45, 7) is 0.316. The van der Waals surface area contributed by atoms with Crippen LogP contribution in [0.25, 0.3) is 0 Å².